The molecule has 0 fully saturated rings. The first kappa shape index (κ1) is 19.2. The molecule has 0 bridgehead atoms. The van der Waals surface area contributed by atoms with Gasteiger partial charge in [-0.15, -0.1) is 0 Å². The van der Waals surface area contributed by atoms with E-state index in [2.05, 4.69) is 5.32 Å². The van der Waals surface area contributed by atoms with Crippen molar-refractivity contribution >= 4 is 27.2 Å². The van der Waals surface area contributed by atoms with E-state index in [1.54, 1.807) is 12.1 Å². The first-order valence-corrected chi connectivity index (χ1v) is 10.9. The Bertz CT molecular complexity index is 952. The van der Waals surface area contributed by atoms with Crippen LogP contribution in [0.4, 0.5) is 5.69 Å². The van der Waals surface area contributed by atoms with E-state index in [9.17, 15) is 13.2 Å². The van der Waals surface area contributed by atoms with Gasteiger partial charge < -0.3 is 5.32 Å². The molecule has 142 valence electrons. The molecule has 1 N–H and O–H groups in total. The fraction of sp³-hybridized carbons (Fsp3) is 0.286. The van der Waals surface area contributed by atoms with Crippen LogP contribution in [0.5, 0.6) is 0 Å². The van der Waals surface area contributed by atoms with Crippen LogP contribution < -0.4 is 9.62 Å². The van der Waals surface area contributed by atoms with Crippen molar-refractivity contribution in [1.29, 1.82) is 0 Å². The summed E-state index contributed by atoms with van der Waals surface area (Å²) in [7, 11) is -3.34. The third kappa shape index (κ3) is 4.39. The van der Waals surface area contributed by atoms with E-state index < -0.39 is 10.0 Å². The van der Waals surface area contributed by atoms with Crippen LogP contribution >= 0.6 is 0 Å². The average molecular weight is 385 g/mol. The fourth-order valence-corrected chi connectivity index (χ4v) is 4.40. The van der Waals surface area contributed by atoms with Crippen molar-refractivity contribution in [3.05, 3.63) is 71.8 Å². The molecule has 3 rings (SSSR count). The molecule has 1 unspecified atom stereocenters. The summed E-state index contributed by atoms with van der Waals surface area (Å²) >= 11 is 0. The predicted octanol–water partition coefficient (Wildman–Crippen LogP) is 3.51. The second kappa shape index (κ2) is 7.96. The molecule has 1 aliphatic heterocycles. The van der Waals surface area contributed by atoms with Crippen LogP contribution in [-0.2, 0) is 14.8 Å². The quantitative estimate of drug-likeness (QED) is 0.802. The Balaban J connectivity index is 1.83. The highest BCUT2D eigenvalue weighted by Crippen LogP contribution is 2.35. The fourth-order valence-electron chi connectivity index (χ4n) is 3.44. The summed E-state index contributed by atoms with van der Waals surface area (Å²) in [5, 5.41) is 3.04. The maximum atomic E-state index is 12.6. The van der Waals surface area contributed by atoms with Gasteiger partial charge in [-0.25, -0.2) is 8.42 Å². The zero-order valence-corrected chi connectivity index (χ0v) is 16.4. The molecule has 5 nitrogen and oxygen atoms in total. The van der Waals surface area contributed by atoms with E-state index in [-0.39, 0.29) is 11.9 Å². The van der Waals surface area contributed by atoms with Crippen molar-refractivity contribution in [2.45, 2.75) is 25.8 Å². The van der Waals surface area contributed by atoms with Gasteiger partial charge in [-0.2, -0.15) is 0 Å². The molecule has 0 aromatic heterocycles. The van der Waals surface area contributed by atoms with Gasteiger partial charge in [0.2, 0.25) is 15.9 Å². The van der Waals surface area contributed by atoms with Gasteiger partial charge in [0.25, 0.3) is 0 Å². The maximum Gasteiger partial charge on any atom is 0.244 e. The first-order valence-electron chi connectivity index (χ1n) is 9.03. The van der Waals surface area contributed by atoms with Crippen molar-refractivity contribution in [3.8, 4) is 0 Å². The smallest absolute Gasteiger partial charge is 0.244 e. The SMILES string of the molecule is CC/C(=C\C(=O)NC1CCN(S(C)(=O)=O)c2ccccc21)c1ccccc1. The maximum absolute atomic E-state index is 12.6. The van der Waals surface area contributed by atoms with E-state index in [0.29, 0.717) is 18.7 Å². The molecule has 2 aromatic carbocycles. The third-order valence-electron chi connectivity index (χ3n) is 4.75. The normalized spacial score (nSPS) is 17.3. The number of allylic oxidation sites excluding steroid dienone is 1. The van der Waals surface area contributed by atoms with E-state index in [1.807, 2.05) is 55.5 Å². The summed E-state index contributed by atoms with van der Waals surface area (Å²) in [5.74, 6) is -0.164. The average Bonchev–Trinajstić information content (AvgIpc) is 2.66. The number of para-hydroxylation sites is 1. The number of rotatable bonds is 5. The molecule has 0 saturated heterocycles. The van der Waals surface area contributed by atoms with Crippen molar-refractivity contribution < 1.29 is 13.2 Å². The molecule has 1 heterocycles. The minimum absolute atomic E-state index is 0.164. The molecule has 1 atom stereocenters. The largest absolute Gasteiger partial charge is 0.346 e. The highest BCUT2D eigenvalue weighted by atomic mass is 32.2. The summed E-state index contributed by atoms with van der Waals surface area (Å²) < 4.78 is 25.5. The zero-order valence-electron chi connectivity index (χ0n) is 15.6. The molecule has 0 aliphatic carbocycles. The van der Waals surface area contributed by atoms with Crippen LogP contribution in [0.1, 0.15) is 36.9 Å². The Labute approximate surface area is 160 Å². The number of fused-ring (bicyclic) bond motifs is 1. The number of anilines is 1. The predicted molar refractivity (Wildman–Crippen MR) is 109 cm³/mol. The number of carbonyl (C=O) groups is 1. The number of carbonyl (C=O) groups excluding carboxylic acids is 1. The van der Waals surface area contributed by atoms with Crippen molar-refractivity contribution in [1.82, 2.24) is 5.32 Å². The number of benzene rings is 2. The highest BCUT2D eigenvalue weighted by molar-refractivity contribution is 7.92. The van der Waals surface area contributed by atoms with Gasteiger partial charge in [0.1, 0.15) is 0 Å². The monoisotopic (exact) mass is 384 g/mol. The molecular weight excluding hydrogens is 360 g/mol. The molecule has 0 saturated carbocycles. The van der Waals surface area contributed by atoms with Gasteiger partial charge in [0.15, 0.2) is 0 Å². The van der Waals surface area contributed by atoms with Crippen LogP contribution in [0.2, 0.25) is 0 Å². The number of amides is 1. The molecule has 6 heteroatoms. The van der Waals surface area contributed by atoms with Gasteiger partial charge in [0.05, 0.1) is 18.0 Å². The standard InChI is InChI=1S/C21H24N2O3S/c1-3-16(17-9-5-4-6-10-17)15-21(24)22-19-13-14-23(27(2,25)26)20-12-8-7-11-18(19)20/h4-12,15,19H,3,13-14H2,1-2H3,(H,22,24)/b16-15+. The molecular formula is C21H24N2O3S. The number of nitrogens with zero attached hydrogens (tertiary/aromatic N) is 1. The van der Waals surface area contributed by atoms with Crippen LogP contribution in [-0.4, -0.2) is 27.1 Å². The first-order chi connectivity index (χ1) is 12.9. The Morgan fingerprint density at radius 3 is 2.48 bits per heavy atom. The van der Waals surface area contributed by atoms with Crippen LogP contribution in [0, 0.1) is 0 Å². The highest BCUT2D eigenvalue weighted by Gasteiger charge is 2.30. The number of nitrogens with one attached hydrogen (secondary N) is 1. The van der Waals surface area contributed by atoms with Gasteiger partial charge >= 0.3 is 0 Å². The van der Waals surface area contributed by atoms with Crippen LogP contribution in [0.3, 0.4) is 0 Å². The lowest BCUT2D eigenvalue weighted by molar-refractivity contribution is -0.117. The summed E-state index contributed by atoms with van der Waals surface area (Å²) in [6, 6.07) is 16.9. The summed E-state index contributed by atoms with van der Waals surface area (Å²) in [6.45, 7) is 2.37. The van der Waals surface area contributed by atoms with E-state index in [0.717, 1.165) is 23.1 Å². The van der Waals surface area contributed by atoms with Crippen molar-refractivity contribution in [2.75, 3.05) is 17.1 Å². The number of sulfonamides is 1. The minimum Gasteiger partial charge on any atom is -0.346 e. The minimum atomic E-state index is -3.34. The van der Waals surface area contributed by atoms with E-state index in [1.165, 1.54) is 10.6 Å². The lowest BCUT2D eigenvalue weighted by Crippen LogP contribution is -2.40. The molecule has 1 aliphatic rings. The summed E-state index contributed by atoms with van der Waals surface area (Å²) in [5.41, 5.74) is 3.46. The Morgan fingerprint density at radius 2 is 1.81 bits per heavy atom. The third-order valence-corrected chi connectivity index (χ3v) is 5.93. The molecule has 1 amide bonds. The van der Waals surface area contributed by atoms with Gasteiger partial charge in [-0.1, -0.05) is 55.5 Å². The Hall–Kier alpha value is -2.60. The second-order valence-electron chi connectivity index (χ2n) is 6.63. The topological polar surface area (TPSA) is 66.5 Å². The van der Waals surface area contributed by atoms with Crippen molar-refractivity contribution in [2.24, 2.45) is 0 Å². The Morgan fingerprint density at radius 1 is 1.15 bits per heavy atom. The lowest BCUT2D eigenvalue weighted by atomic mass is 9.97. The summed E-state index contributed by atoms with van der Waals surface area (Å²) in [4.78, 5) is 12.6. The van der Waals surface area contributed by atoms with Gasteiger partial charge in [-0.05, 0) is 35.6 Å². The van der Waals surface area contributed by atoms with Crippen LogP contribution in [0.15, 0.2) is 60.7 Å². The lowest BCUT2D eigenvalue weighted by Gasteiger charge is -2.34. The van der Waals surface area contributed by atoms with Gasteiger partial charge in [-0.3, -0.25) is 9.10 Å². The molecule has 27 heavy (non-hydrogen) atoms. The molecule has 0 radical (unpaired) electrons. The molecule has 2 aromatic rings. The van der Waals surface area contributed by atoms with Gasteiger partial charge in [0, 0.05) is 12.6 Å². The number of hydrogen-bond donors (Lipinski definition) is 1. The number of hydrogen-bond acceptors (Lipinski definition) is 3. The zero-order chi connectivity index (χ0) is 19.4. The summed E-state index contributed by atoms with van der Waals surface area (Å²) in [6.07, 6.45) is 4.14. The Kier molecular flexibility index (Phi) is 5.65. The second-order valence-corrected chi connectivity index (χ2v) is 8.54. The molecule has 0 spiro atoms. The van der Waals surface area contributed by atoms with E-state index >= 15 is 0 Å². The van der Waals surface area contributed by atoms with Crippen LogP contribution in [0.25, 0.3) is 5.57 Å². The van der Waals surface area contributed by atoms with E-state index in [4.69, 9.17) is 0 Å². The van der Waals surface area contributed by atoms with Crippen molar-refractivity contribution in [3.63, 3.8) is 0 Å².